The maximum atomic E-state index is 11.3. The van der Waals surface area contributed by atoms with E-state index in [9.17, 15) is 9.59 Å². The van der Waals surface area contributed by atoms with Gasteiger partial charge in [-0.2, -0.15) is 0 Å². The lowest BCUT2D eigenvalue weighted by Gasteiger charge is -2.23. The molecule has 0 aliphatic heterocycles. The van der Waals surface area contributed by atoms with E-state index in [0.717, 1.165) is 25.7 Å². The zero-order valence-electron chi connectivity index (χ0n) is 11.4. The molecule has 18 heavy (non-hydrogen) atoms. The zero-order valence-corrected chi connectivity index (χ0v) is 11.4. The van der Waals surface area contributed by atoms with Gasteiger partial charge in [0.2, 0.25) is 11.8 Å². The van der Waals surface area contributed by atoms with Gasteiger partial charge in [0.05, 0.1) is 0 Å². The molecule has 2 amide bonds. The van der Waals surface area contributed by atoms with Crippen molar-refractivity contribution in [3.8, 4) is 0 Å². The molecule has 0 aromatic rings. The van der Waals surface area contributed by atoms with Crippen molar-refractivity contribution in [2.45, 2.75) is 51.6 Å². The standard InChI is InChI=1S/C14H24N2O2/c1-5-9-12(16-14(18)8-4)10-11(6-2)15-13(17)7-3/h7-8,11-12H,3-6,9-10H2,1-2H3,(H,15,17)(H,16,18). The van der Waals surface area contributed by atoms with Crippen molar-refractivity contribution < 1.29 is 9.59 Å². The van der Waals surface area contributed by atoms with Crippen molar-refractivity contribution in [3.63, 3.8) is 0 Å². The van der Waals surface area contributed by atoms with Crippen LogP contribution in [0.2, 0.25) is 0 Å². The van der Waals surface area contributed by atoms with E-state index in [1.54, 1.807) is 0 Å². The molecule has 0 saturated carbocycles. The van der Waals surface area contributed by atoms with Gasteiger partial charge in [0.25, 0.3) is 0 Å². The van der Waals surface area contributed by atoms with Gasteiger partial charge in [0, 0.05) is 12.1 Å². The van der Waals surface area contributed by atoms with E-state index in [0.29, 0.717) is 0 Å². The second-order valence-electron chi connectivity index (χ2n) is 4.25. The summed E-state index contributed by atoms with van der Waals surface area (Å²) in [5, 5.41) is 5.75. The van der Waals surface area contributed by atoms with Crippen LogP contribution in [0.4, 0.5) is 0 Å². The summed E-state index contributed by atoms with van der Waals surface area (Å²) in [5.74, 6) is -0.342. The molecular formula is C14H24N2O2. The van der Waals surface area contributed by atoms with E-state index in [1.165, 1.54) is 12.2 Å². The molecule has 4 nitrogen and oxygen atoms in total. The number of amides is 2. The second kappa shape index (κ2) is 9.45. The Labute approximate surface area is 110 Å². The Kier molecular flexibility index (Phi) is 8.62. The number of carbonyl (C=O) groups excluding carboxylic acids is 2. The van der Waals surface area contributed by atoms with Crippen molar-refractivity contribution in [2.24, 2.45) is 0 Å². The monoisotopic (exact) mass is 252 g/mol. The van der Waals surface area contributed by atoms with Crippen LogP contribution in [0.1, 0.15) is 39.5 Å². The van der Waals surface area contributed by atoms with Crippen molar-refractivity contribution >= 4 is 11.8 Å². The van der Waals surface area contributed by atoms with Crippen molar-refractivity contribution in [1.29, 1.82) is 0 Å². The molecule has 0 saturated heterocycles. The first kappa shape index (κ1) is 16.4. The van der Waals surface area contributed by atoms with Gasteiger partial charge in [-0.05, 0) is 31.4 Å². The highest BCUT2D eigenvalue weighted by Crippen LogP contribution is 2.08. The van der Waals surface area contributed by atoms with Crippen molar-refractivity contribution in [3.05, 3.63) is 25.3 Å². The van der Waals surface area contributed by atoms with Crippen LogP contribution < -0.4 is 10.6 Å². The van der Waals surface area contributed by atoms with E-state index in [1.807, 2.05) is 6.92 Å². The molecule has 0 fully saturated rings. The van der Waals surface area contributed by atoms with Gasteiger partial charge in [-0.3, -0.25) is 9.59 Å². The van der Waals surface area contributed by atoms with E-state index < -0.39 is 0 Å². The number of hydrogen-bond donors (Lipinski definition) is 2. The Morgan fingerprint density at radius 1 is 1.06 bits per heavy atom. The normalized spacial score (nSPS) is 13.2. The summed E-state index contributed by atoms with van der Waals surface area (Å²) < 4.78 is 0. The Morgan fingerprint density at radius 2 is 1.56 bits per heavy atom. The highest BCUT2D eigenvalue weighted by atomic mass is 16.2. The predicted octanol–water partition coefficient (Wildman–Crippen LogP) is 1.93. The molecule has 2 atom stereocenters. The summed E-state index contributed by atoms with van der Waals surface area (Å²) in [4.78, 5) is 22.6. The van der Waals surface area contributed by atoms with Crippen LogP contribution in [-0.4, -0.2) is 23.9 Å². The Balaban J connectivity index is 4.41. The predicted molar refractivity (Wildman–Crippen MR) is 74.1 cm³/mol. The minimum atomic E-state index is -0.174. The van der Waals surface area contributed by atoms with Gasteiger partial charge in [0.1, 0.15) is 0 Å². The van der Waals surface area contributed by atoms with Crippen LogP contribution in [0.5, 0.6) is 0 Å². The first-order valence-corrected chi connectivity index (χ1v) is 6.43. The van der Waals surface area contributed by atoms with E-state index in [2.05, 4.69) is 30.7 Å². The molecule has 0 spiro atoms. The fourth-order valence-corrected chi connectivity index (χ4v) is 1.79. The fraction of sp³-hybridized carbons (Fsp3) is 0.571. The molecule has 0 aromatic carbocycles. The molecule has 102 valence electrons. The largest absolute Gasteiger partial charge is 0.350 e. The van der Waals surface area contributed by atoms with Crippen LogP contribution in [0.25, 0.3) is 0 Å². The number of nitrogens with one attached hydrogen (secondary N) is 2. The summed E-state index contributed by atoms with van der Waals surface area (Å²) in [6.07, 6.45) is 5.95. The van der Waals surface area contributed by atoms with Gasteiger partial charge in [-0.25, -0.2) is 0 Å². The average molecular weight is 252 g/mol. The summed E-state index contributed by atoms with van der Waals surface area (Å²) in [7, 11) is 0. The van der Waals surface area contributed by atoms with Gasteiger partial charge in [-0.15, -0.1) is 0 Å². The molecule has 0 aliphatic carbocycles. The number of rotatable bonds is 9. The van der Waals surface area contributed by atoms with Crippen molar-refractivity contribution in [1.82, 2.24) is 10.6 Å². The van der Waals surface area contributed by atoms with Crippen LogP contribution in [-0.2, 0) is 9.59 Å². The van der Waals surface area contributed by atoms with E-state index in [-0.39, 0.29) is 23.9 Å². The molecule has 0 bridgehead atoms. The lowest BCUT2D eigenvalue weighted by molar-refractivity contribution is -0.117. The van der Waals surface area contributed by atoms with Gasteiger partial charge in [-0.1, -0.05) is 33.4 Å². The van der Waals surface area contributed by atoms with Crippen LogP contribution in [0.15, 0.2) is 25.3 Å². The SMILES string of the molecule is C=CC(=O)NC(CC)CC(CCC)NC(=O)C=C. The minimum absolute atomic E-state index is 0.0529. The van der Waals surface area contributed by atoms with Gasteiger partial charge < -0.3 is 10.6 Å². The molecule has 0 heterocycles. The van der Waals surface area contributed by atoms with Crippen LogP contribution >= 0.6 is 0 Å². The van der Waals surface area contributed by atoms with E-state index in [4.69, 9.17) is 0 Å². The third kappa shape index (κ3) is 6.89. The first-order valence-electron chi connectivity index (χ1n) is 6.43. The summed E-state index contributed by atoms with van der Waals surface area (Å²) in [6, 6.07) is 0.118. The van der Waals surface area contributed by atoms with E-state index >= 15 is 0 Å². The van der Waals surface area contributed by atoms with Crippen LogP contribution in [0.3, 0.4) is 0 Å². The summed E-state index contributed by atoms with van der Waals surface area (Å²) in [5.41, 5.74) is 0. The number of carbonyl (C=O) groups is 2. The summed E-state index contributed by atoms with van der Waals surface area (Å²) >= 11 is 0. The van der Waals surface area contributed by atoms with Crippen LogP contribution in [0, 0.1) is 0 Å². The molecule has 0 aliphatic rings. The highest BCUT2D eigenvalue weighted by Gasteiger charge is 2.16. The molecule has 2 unspecified atom stereocenters. The second-order valence-corrected chi connectivity index (χ2v) is 4.25. The minimum Gasteiger partial charge on any atom is -0.350 e. The Bertz CT molecular complexity index is 300. The maximum Gasteiger partial charge on any atom is 0.243 e. The molecule has 4 heteroatoms. The number of hydrogen-bond acceptors (Lipinski definition) is 2. The van der Waals surface area contributed by atoms with Crippen molar-refractivity contribution in [2.75, 3.05) is 0 Å². The third-order valence-electron chi connectivity index (χ3n) is 2.76. The van der Waals surface area contributed by atoms with Gasteiger partial charge >= 0.3 is 0 Å². The first-order chi connectivity index (χ1) is 8.57. The maximum absolute atomic E-state index is 11.3. The Morgan fingerprint density at radius 3 is 1.94 bits per heavy atom. The molecule has 2 N–H and O–H groups in total. The molecule has 0 rings (SSSR count). The highest BCUT2D eigenvalue weighted by molar-refractivity contribution is 5.87. The fourth-order valence-electron chi connectivity index (χ4n) is 1.79. The smallest absolute Gasteiger partial charge is 0.243 e. The topological polar surface area (TPSA) is 58.2 Å². The molecule has 0 radical (unpaired) electrons. The molecule has 0 aromatic heterocycles. The average Bonchev–Trinajstić information content (AvgIpc) is 2.37. The molecular weight excluding hydrogens is 228 g/mol. The van der Waals surface area contributed by atoms with Gasteiger partial charge in [0.15, 0.2) is 0 Å². The quantitative estimate of drug-likeness (QED) is 0.616. The lowest BCUT2D eigenvalue weighted by atomic mass is 10.0. The zero-order chi connectivity index (χ0) is 14.0. The Hall–Kier alpha value is -1.58. The third-order valence-corrected chi connectivity index (χ3v) is 2.76. The summed E-state index contributed by atoms with van der Waals surface area (Å²) in [6.45, 7) is 10.9. The lowest BCUT2D eigenvalue weighted by Crippen LogP contribution is -2.42.